The van der Waals surface area contributed by atoms with E-state index in [-0.39, 0.29) is 0 Å². The van der Waals surface area contributed by atoms with E-state index in [1.807, 2.05) is 0 Å². The summed E-state index contributed by atoms with van der Waals surface area (Å²) < 4.78 is 4.83. The summed E-state index contributed by atoms with van der Waals surface area (Å²) in [5.41, 5.74) is 1.70. The van der Waals surface area contributed by atoms with Gasteiger partial charge in [0, 0.05) is 0 Å². The molecule has 0 saturated carbocycles. The Hall–Kier alpha value is -0.633. The zero-order chi connectivity index (χ0) is 5.70. The lowest BCUT2D eigenvalue weighted by molar-refractivity contribution is 0.522. The molecular formula is C5H8OSi. The van der Waals surface area contributed by atoms with E-state index in [0.717, 1.165) is 0 Å². The van der Waals surface area contributed by atoms with Crippen LogP contribution in [-0.2, 0) is 4.43 Å². The molecule has 0 aromatic carbocycles. The Morgan fingerprint density at radius 1 is 1.43 bits per heavy atom. The lowest BCUT2D eigenvalue weighted by Crippen LogP contribution is -1.95. The standard InChI is InChI=1S/C5H8OSi/c1-4-6-7(3)5-2/h4-5H,1-3H2. The lowest BCUT2D eigenvalue weighted by Gasteiger charge is -1.90. The summed E-state index contributed by atoms with van der Waals surface area (Å²) in [6.45, 7) is 6.85. The topological polar surface area (TPSA) is 9.23 Å². The minimum Gasteiger partial charge on any atom is -0.520 e. The summed E-state index contributed by atoms with van der Waals surface area (Å²) in [4.78, 5) is 0. The van der Waals surface area contributed by atoms with E-state index >= 15 is 0 Å². The van der Waals surface area contributed by atoms with Gasteiger partial charge in [-0.15, -0.1) is 6.58 Å². The van der Waals surface area contributed by atoms with Crippen LogP contribution in [0.3, 0.4) is 0 Å². The highest BCUT2D eigenvalue weighted by Gasteiger charge is 1.79. The van der Waals surface area contributed by atoms with Crippen molar-refractivity contribution >= 4 is 14.8 Å². The van der Waals surface area contributed by atoms with Crippen molar-refractivity contribution in [3.63, 3.8) is 0 Å². The van der Waals surface area contributed by atoms with Crippen LogP contribution >= 0.6 is 0 Å². The van der Waals surface area contributed by atoms with Crippen LogP contribution < -0.4 is 0 Å². The fourth-order valence-corrected chi connectivity index (χ4v) is 0.465. The first-order valence-electron chi connectivity index (χ1n) is 1.90. The average molecular weight is 112 g/mol. The number of hydrogen-bond donors (Lipinski definition) is 0. The van der Waals surface area contributed by atoms with Crippen molar-refractivity contribution in [2.45, 2.75) is 0 Å². The van der Waals surface area contributed by atoms with Gasteiger partial charge in [0.25, 0.3) is 8.65 Å². The molecule has 0 aliphatic carbocycles. The van der Waals surface area contributed by atoms with Crippen molar-refractivity contribution in [1.29, 1.82) is 0 Å². The molecule has 1 nitrogen and oxygen atoms in total. The predicted octanol–water partition coefficient (Wildman–Crippen LogP) is 0.877. The van der Waals surface area contributed by atoms with Crippen LogP contribution in [0.4, 0.5) is 0 Å². The summed E-state index contributed by atoms with van der Waals surface area (Å²) in [6, 6.07) is 0. The molecule has 0 aliphatic rings. The van der Waals surface area contributed by atoms with Crippen molar-refractivity contribution in [1.82, 2.24) is 0 Å². The summed E-state index contributed by atoms with van der Waals surface area (Å²) in [5, 5.41) is 0. The molecule has 0 aliphatic heterocycles. The van der Waals surface area contributed by atoms with Gasteiger partial charge in [-0.25, -0.2) is 0 Å². The molecule has 0 bridgehead atoms. The molecular weight excluding hydrogens is 104 g/mol. The van der Waals surface area contributed by atoms with Gasteiger partial charge in [0.1, 0.15) is 0 Å². The first-order chi connectivity index (χ1) is 3.31. The summed E-state index contributed by atoms with van der Waals surface area (Å²) in [6.07, 6.45) is 5.03. The third-order valence-electron chi connectivity index (χ3n) is 0.462. The van der Waals surface area contributed by atoms with Crippen LogP contribution in [0.15, 0.2) is 25.1 Å². The van der Waals surface area contributed by atoms with E-state index in [9.17, 15) is 0 Å². The highest BCUT2D eigenvalue weighted by atomic mass is 28.3. The SMILES string of the molecule is C=CO[Si](=C)C=C. The van der Waals surface area contributed by atoms with Crippen molar-refractivity contribution in [3.8, 4) is 0 Å². The molecule has 0 N–H and O–H groups in total. The Balaban J connectivity index is 3.36. The molecule has 0 atom stereocenters. The van der Waals surface area contributed by atoms with Gasteiger partial charge in [-0.3, -0.25) is 0 Å². The maximum Gasteiger partial charge on any atom is 0.259 e. The van der Waals surface area contributed by atoms with Crippen molar-refractivity contribution in [2.24, 2.45) is 0 Å². The van der Waals surface area contributed by atoms with Gasteiger partial charge in [0.15, 0.2) is 0 Å². The average Bonchev–Trinajstić information content (AvgIpc) is 1.68. The van der Waals surface area contributed by atoms with Crippen LogP contribution in [0.1, 0.15) is 0 Å². The minimum atomic E-state index is -0.984. The maximum absolute atomic E-state index is 4.83. The second-order valence-corrected chi connectivity index (χ2v) is 2.53. The zero-order valence-electron chi connectivity index (χ0n) is 4.18. The molecule has 0 saturated heterocycles. The van der Waals surface area contributed by atoms with Crippen LogP contribution in [0.2, 0.25) is 0 Å². The zero-order valence-corrected chi connectivity index (χ0v) is 5.18. The van der Waals surface area contributed by atoms with Crippen LogP contribution in [0, 0.1) is 0 Å². The smallest absolute Gasteiger partial charge is 0.259 e. The quantitative estimate of drug-likeness (QED) is 0.389. The Morgan fingerprint density at radius 3 is 2.14 bits per heavy atom. The van der Waals surface area contributed by atoms with E-state index in [1.54, 1.807) is 5.70 Å². The van der Waals surface area contributed by atoms with E-state index in [0.29, 0.717) is 0 Å². The summed E-state index contributed by atoms with van der Waals surface area (Å²) in [7, 11) is -0.984. The Kier molecular flexibility index (Phi) is 3.23. The second kappa shape index (κ2) is 3.55. The van der Waals surface area contributed by atoms with Crippen LogP contribution in [0.25, 0.3) is 0 Å². The highest BCUT2D eigenvalue weighted by molar-refractivity contribution is 6.60. The van der Waals surface area contributed by atoms with E-state index in [4.69, 9.17) is 4.43 Å². The molecule has 0 aromatic rings. The fraction of sp³-hybridized carbons (Fsp3) is 0. The number of rotatable bonds is 3. The number of hydrogen-bond acceptors (Lipinski definition) is 1. The van der Waals surface area contributed by atoms with E-state index in [2.05, 4.69) is 19.3 Å². The van der Waals surface area contributed by atoms with Gasteiger partial charge in [-0.1, -0.05) is 12.8 Å². The molecule has 0 fully saturated rings. The minimum absolute atomic E-state index is 0.984. The first kappa shape index (κ1) is 6.37. The van der Waals surface area contributed by atoms with Crippen molar-refractivity contribution in [2.75, 3.05) is 0 Å². The second-order valence-electron chi connectivity index (χ2n) is 0.955. The van der Waals surface area contributed by atoms with E-state index in [1.165, 1.54) is 6.26 Å². The molecule has 0 spiro atoms. The van der Waals surface area contributed by atoms with Gasteiger partial charge in [0.05, 0.1) is 6.26 Å². The van der Waals surface area contributed by atoms with E-state index < -0.39 is 8.65 Å². The third-order valence-corrected chi connectivity index (χ3v) is 1.39. The van der Waals surface area contributed by atoms with Gasteiger partial charge in [0.2, 0.25) is 0 Å². The fourth-order valence-electron chi connectivity index (χ4n) is 0.155. The summed E-state index contributed by atoms with van der Waals surface area (Å²) in [5.74, 6) is 0. The van der Waals surface area contributed by atoms with Crippen molar-refractivity contribution in [3.05, 3.63) is 25.1 Å². The predicted molar refractivity (Wildman–Crippen MR) is 34.4 cm³/mol. The molecule has 38 valence electrons. The maximum atomic E-state index is 4.83. The van der Waals surface area contributed by atoms with Gasteiger partial charge in [-0.05, 0) is 5.70 Å². The largest absolute Gasteiger partial charge is 0.520 e. The lowest BCUT2D eigenvalue weighted by atomic mass is 11.2. The highest BCUT2D eigenvalue weighted by Crippen LogP contribution is 1.71. The van der Waals surface area contributed by atoms with Crippen molar-refractivity contribution < 1.29 is 4.43 Å². The molecule has 0 radical (unpaired) electrons. The summed E-state index contributed by atoms with van der Waals surface area (Å²) >= 11 is 0. The molecule has 0 aromatic heterocycles. The molecule has 0 heterocycles. The molecule has 0 unspecified atom stereocenters. The van der Waals surface area contributed by atoms with Gasteiger partial charge >= 0.3 is 0 Å². The first-order valence-corrected chi connectivity index (χ1v) is 3.59. The molecule has 0 rings (SSSR count). The monoisotopic (exact) mass is 112 g/mol. The normalized spacial score (nSPS) is 6.86. The Morgan fingerprint density at radius 2 is 2.00 bits per heavy atom. The molecule has 7 heavy (non-hydrogen) atoms. The Bertz CT molecular complexity index is 96.3. The molecule has 0 amide bonds. The molecule has 2 heteroatoms. The van der Waals surface area contributed by atoms with Crippen LogP contribution in [-0.4, -0.2) is 14.8 Å². The van der Waals surface area contributed by atoms with Gasteiger partial charge in [-0.2, -0.15) is 0 Å². The van der Waals surface area contributed by atoms with Gasteiger partial charge < -0.3 is 4.43 Å². The Labute approximate surface area is 45.3 Å². The third kappa shape index (κ3) is 3.19. The van der Waals surface area contributed by atoms with Crippen LogP contribution in [0.5, 0.6) is 0 Å².